The molecule has 0 unspecified atom stereocenters. The first kappa shape index (κ1) is 14.6. The Morgan fingerprint density at radius 3 is 2.55 bits per heavy atom. The average molecular weight is 308 g/mol. The number of rotatable bonds is 2. The topological polar surface area (TPSA) is 41.5 Å². The van der Waals surface area contributed by atoms with Gasteiger partial charge >= 0.3 is 0 Å². The van der Waals surface area contributed by atoms with E-state index in [1.807, 2.05) is 68.5 Å². The van der Waals surface area contributed by atoms with Gasteiger partial charge in [0.05, 0.1) is 10.6 Å². The van der Waals surface area contributed by atoms with Gasteiger partial charge in [-0.3, -0.25) is 4.79 Å². The number of nitrogens with zero attached hydrogens (tertiary/aromatic N) is 1. The van der Waals surface area contributed by atoms with Crippen LogP contribution in [0.15, 0.2) is 58.4 Å². The third-order valence-electron chi connectivity index (χ3n) is 3.26. The molecule has 1 fully saturated rings. The summed E-state index contributed by atoms with van der Waals surface area (Å²) in [6.45, 7) is 4.06. The molecule has 1 N–H and O–H groups in total. The summed E-state index contributed by atoms with van der Waals surface area (Å²) in [5, 5.41) is 3.43. The van der Waals surface area contributed by atoms with Crippen molar-refractivity contribution in [3.05, 3.63) is 70.1 Å². The van der Waals surface area contributed by atoms with E-state index in [2.05, 4.69) is 10.3 Å². The summed E-state index contributed by atoms with van der Waals surface area (Å²) in [5.41, 5.74) is 4.21. The van der Waals surface area contributed by atoms with Crippen molar-refractivity contribution in [1.29, 1.82) is 0 Å². The molecule has 0 spiro atoms. The minimum Gasteiger partial charge on any atom is -0.300 e. The molecule has 0 aromatic heterocycles. The standard InChI is InChI=1S/C18H16N2OS/c1-12-6-8-14(9-7-12)11-16-17(21)20-18(22-16)19-15-5-3-4-13(2)10-15/h3-11H,1-2H3,(H,19,20,21)/b16-11-. The summed E-state index contributed by atoms with van der Waals surface area (Å²) in [7, 11) is 0. The molecule has 3 nitrogen and oxygen atoms in total. The van der Waals surface area contributed by atoms with Crippen molar-refractivity contribution in [3.8, 4) is 0 Å². The highest BCUT2D eigenvalue weighted by Crippen LogP contribution is 2.28. The number of nitrogens with one attached hydrogen (secondary N) is 1. The molecule has 3 rings (SSSR count). The van der Waals surface area contributed by atoms with Crippen LogP contribution >= 0.6 is 11.8 Å². The minimum absolute atomic E-state index is 0.100. The number of hydrogen-bond donors (Lipinski definition) is 1. The average Bonchev–Trinajstić information content (AvgIpc) is 2.81. The van der Waals surface area contributed by atoms with Crippen molar-refractivity contribution in [2.75, 3.05) is 0 Å². The number of benzene rings is 2. The van der Waals surface area contributed by atoms with Gasteiger partial charge in [-0.2, -0.15) is 0 Å². The van der Waals surface area contributed by atoms with Gasteiger partial charge in [-0.25, -0.2) is 4.99 Å². The molecular formula is C18H16N2OS. The zero-order valence-corrected chi connectivity index (χ0v) is 13.3. The fourth-order valence-electron chi connectivity index (χ4n) is 2.11. The molecule has 0 atom stereocenters. The summed E-state index contributed by atoms with van der Waals surface area (Å²) in [6, 6.07) is 16.0. The molecular weight excluding hydrogens is 292 g/mol. The van der Waals surface area contributed by atoms with Crippen LogP contribution in [0, 0.1) is 13.8 Å². The summed E-state index contributed by atoms with van der Waals surface area (Å²) in [5.74, 6) is -0.100. The Hall–Kier alpha value is -2.33. The summed E-state index contributed by atoms with van der Waals surface area (Å²) >= 11 is 1.37. The highest BCUT2D eigenvalue weighted by Gasteiger charge is 2.23. The Morgan fingerprint density at radius 2 is 1.82 bits per heavy atom. The molecule has 0 aliphatic carbocycles. The number of aliphatic imine (C=N–C) groups is 1. The lowest BCUT2D eigenvalue weighted by atomic mass is 10.1. The number of thioether (sulfide) groups is 1. The molecule has 2 aromatic rings. The van der Waals surface area contributed by atoms with Crippen molar-refractivity contribution >= 4 is 34.6 Å². The first-order chi connectivity index (χ1) is 10.6. The Labute approximate surface area is 134 Å². The number of amidine groups is 1. The first-order valence-corrected chi connectivity index (χ1v) is 7.85. The van der Waals surface area contributed by atoms with Crippen LogP contribution in [-0.4, -0.2) is 11.1 Å². The normalized spacial score (nSPS) is 18.0. The zero-order valence-electron chi connectivity index (χ0n) is 12.5. The van der Waals surface area contributed by atoms with Gasteiger partial charge in [-0.05, 0) is 54.9 Å². The number of amides is 1. The van der Waals surface area contributed by atoms with Crippen LogP contribution < -0.4 is 5.32 Å². The molecule has 0 radical (unpaired) electrons. The lowest BCUT2D eigenvalue weighted by Crippen LogP contribution is -2.19. The molecule has 1 heterocycles. The van der Waals surface area contributed by atoms with Crippen LogP contribution in [0.3, 0.4) is 0 Å². The van der Waals surface area contributed by atoms with E-state index in [4.69, 9.17) is 0 Å². The number of carbonyl (C=O) groups is 1. The van der Waals surface area contributed by atoms with Gasteiger partial charge in [-0.15, -0.1) is 0 Å². The van der Waals surface area contributed by atoms with E-state index >= 15 is 0 Å². The second-order valence-electron chi connectivity index (χ2n) is 5.23. The van der Waals surface area contributed by atoms with Crippen molar-refractivity contribution < 1.29 is 4.79 Å². The third-order valence-corrected chi connectivity index (χ3v) is 4.17. The summed E-state index contributed by atoms with van der Waals surface area (Å²) in [4.78, 5) is 17.2. The fraction of sp³-hybridized carbons (Fsp3) is 0.111. The van der Waals surface area contributed by atoms with Crippen molar-refractivity contribution in [2.45, 2.75) is 13.8 Å². The molecule has 1 saturated heterocycles. The summed E-state index contributed by atoms with van der Waals surface area (Å²) in [6.07, 6.45) is 1.89. The van der Waals surface area contributed by atoms with Crippen molar-refractivity contribution in [2.24, 2.45) is 4.99 Å². The monoisotopic (exact) mass is 308 g/mol. The Kier molecular flexibility index (Phi) is 4.11. The second-order valence-corrected chi connectivity index (χ2v) is 6.26. The Bertz CT molecular complexity index is 776. The maximum atomic E-state index is 12.0. The molecule has 110 valence electrons. The zero-order chi connectivity index (χ0) is 15.5. The Balaban J connectivity index is 1.82. The van der Waals surface area contributed by atoms with Gasteiger partial charge < -0.3 is 5.32 Å². The van der Waals surface area contributed by atoms with Crippen LogP contribution in [0.1, 0.15) is 16.7 Å². The molecule has 0 saturated carbocycles. The van der Waals surface area contributed by atoms with E-state index < -0.39 is 0 Å². The van der Waals surface area contributed by atoms with Gasteiger partial charge in [0.15, 0.2) is 5.17 Å². The maximum absolute atomic E-state index is 12.0. The first-order valence-electron chi connectivity index (χ1n) is 7.03. The maximum Gasteiger partial charge on any atom is 0.264 e. The summed E-state index contributed by atoms with van der Waals surface area (Å²) < 4.78 is 0. The largest absolute Gasteiger partial charge is 0.300 e. The third kappa shape index (κ3) is 3.46. The van der Waals surface area contributed by atoms with Crippen LogP contribution in [0.2, 0.25) is 0 Å². The van der Waals surface area contributed by atoms with Crippen LogP contribution in [-0.2, 0) is 4.79 Å². The van der Waals surface area contributed by atoms with Crippen LogP contribution in [0.25, 0.3) is 6.08 Å². The van der Waals surface area contributed by atoms with Gasteiger partial charge in [0.2, 0.25) is 0 Å². The molecule has 0 bridgehead atoms. The number of aryl methyl sites for hydroxylation is 2. The van der Waals surface area contributed by atoms with Crippen LogP contribution in [0.5, 0.6) is 0 Å². The van der Waals surface area contributed by atoms with Gasteiger partial charge in [0.1, 0.15) is 0 Å². The molecule has 4 heteroatoms. The molecule has 1 aliphatic heterocycles. The van der Waals surface area contributed by atoms with E-state index in [0.717, 1.165) is 16.8 Å². The Morgan fingerprint density at radius 1 is 1.05 bits per heavy atom. The van der Waals surface area contributed by atoms with Crippen LogP contribution in [0.4, 0.5) is 5.69 Å². The number of hydrogen-bond acceptors (Lipinski definition) is 3. The van der Waals surface area contributed by atoms with Gasteiger partial charge in [-0.1, -0.05) is 42.0 Å². The van der Waals surface area contributed by atoms with Crippen molar-refractivity contribution in [1.82, 2.24) is 5.32 Å². The quantitative estimate of drug-likeness (QED) is 0.845. The van der Waals surface area contributed by atoms with Gasteiger partial charge in [0.25, 0.3) is 5.91 Å². The van der Waals surface area contributed by atoms with E-state index in [0.29, 0.717) is 10.1 Å². The predicted octanol–water partition coefficient (Wildman–Crippen LogP) is 4.20. The molecule has 1 amide bonds. The predicted molar refractivity (Wildman–Crippen MR) is 93.2 cm³/mol. The van der Waals surface area contributed by atoms with E-state index in [1.54, 1.807) is 0 Å². The fourth-order valence-corrected chi connectivity index (χ4v) is 2.95. The molecule has 22 heavy (non-hydrogen) atoms. The number of carbonyl (C=O) groups excluding carboxylic acids is 1. The highest BCUT2D eigenvalue weighted by molar-refractivity contribution is 8.18. The molecule has 2 aromatic carbocycles. The lowest BCUT2D eigenvalue weighted by Gasteiger charge is -1.97. The minimum atomic E-state index is -0.100. The van der Waals surface area contributed by atoms with Gasteiger partial charge in [0, 0.05) is 0 Å². The second kappa shape index (κ2) is 6.20. The van der Waals surface area contributed by atoms with E-state index in [1.165, 1.54) is 17.3 Å². The SMILES string of the molecule is Cc1ccc(/C=C2\SC(=Nc3cccc(C)c3)NC2=O)cc1. The lowest BCUT2D eigenvalue weighted by molar-refractivity contribution is -0.115. The van der Waals surface area contributed by atoms with E-state index in [9.17, 15) is 4.79 Å². The highest BCUT2D eigenvalue weighted by atomic mass is 32.2. The smallest absolute Gasteiger partial charge is 0.264 e. The van der Waals surface area contributed by atoms with E-state index in [-0.39, 0.29) is 5.91 Å². The van der Waals surface area contributed by atoms with Crippen molar-refractivity contribution in [3.63, 3.8) is 0 Å². The molecule has 1 aliphatic rings.